The minimum Gasteiger partial charge on any atom is -0.497 e. The Bertz CT molecular complexity index is 863. The molecule has 0 atom stereocenters. The van der Waals surface area contributed by atoms with E-state index in [1.54, 1.807) is 25.3 Å². The van der Waals surface area contributed by atoms with Crippen molar-refractivity contribution in [3.05, 3.63) is 54.4 Å². The van der Waals surface area contributed by atoms with Crippen LogP contribution >= 0.6 is 0 Å². The molecule has 0 unspecified atom stereocenters. The fourth-order valence-corrected chi connectivity index (χ4v) is 2.37. The first-order chi connectivity index (χ1) is 11.1. The number of hydrogen-bond donors (Lipinski definition) is 1. The highest BCUT2D eigenvalue weighted by molar-refractivity contribution is 5.97. The first kappa shape index (κ1) is 14.8. The molecule has 0 fully saturated rings. The lowest BCUT2D eigenvalue weighted by molar-refractivity contribution is 0.0697. The van der Waals surface area contributed by atoms with Gasteiger partial charge in [-0.1, -0.05) is 0 Å². The SMILES string of the molecule is COc1ccc(N(C)c2ncnc3cc(C(=O)O)ccc23)cc1. The minimum absolute atomic E-state index is 0.203. The van der Waals surface area contributed by atoms with Crippen LogP contribution in [0.25, 0.3) is 10.9 Å². The molecule has 0 bridgehead atoms. The first-order valence-electron chi connectivity index (χ1n) is 6.96. The molecule has 0 aliphatic carbocycles. The Hall–Kier alpha value is -3.15. The van der Waals surface area contributed by atoms with Gasteiger partial charge in [-0.05, 0) is 42.5 Å². The standard InChI is InChI=1S/C17H15N3O3/c1-20(12-4-6-13(23-2)7-5-12)16-14-8-3-11(17(21)22)9-15(14)18-10-19-16/h3-10H,1-2H3,(H,21,22). The van der Waals surface area contributed by atoms with E-state index in [9.17, 15) is 4.79 Å². The number of carbonyl (C=O) groups is 1. The van der Waals surface area contributed by atoms with Crippen molar-refractivity contribution >= 4 is 28.4 Å². The number of aromatic carboxylic acids is 1. The van der Waals surface area contributed by atoms with E-state index in [-0.39, 0.29) is 5.56 Å². The number of carboxylic acid groups (broad SMARTS) is 1. The number of methoxy groups -OCH3 is 1. The van der Waals surface area contributed by atoms with Crippen molar-refractivity contribution in [3.63, 3.8) is 0 Å². The van der Waals surface area contributed by atoms with Gasteiger partial charge in [-0.3, -0.25) is 0 Å². The molecule has 0 spiro atoms. The van der Waals surface area contributed by atoms with E-state index in [1.807, 2.05) is 36.2 Å². The molecule has 0 saturated heterocycles. The summed E-state index contributed by atoms with van der Waals surface area (Å²) in [4.78, 5) is 21.5. The molecule has 3 aromatic rings. The van der Waals surface area contributed by atoms with Crippen LogP contribution in [0.2, 0.25) is 0 Å². The molecule has 116 valence electrons. The Kier molecular flexibility index (Phi) is 3.80. The van der Waals surface area contributed by atoms with Crippen LogP contribution in [0.15, 0.2) is 48.8 Å². The van der Waals surface area contributed by atoms with Crippen molar-refractivity contribution in [1.29, 1.82) is 0 Å². The van der Waals surface area contributed by atoms with Gasteiger partial charge < -0.3 is 14.7 Å². The van der Waals surface area contributed by atoms with Gasteiger partial charge in [0.15, 0.2) is 0 Å². The van der Waals surface area contributed by atoms with Crippen molar-refractivity contribution in [1.82, 2.24) is 9.97 Å². The Morgan fingerprint density at radius 2 is 1.87 bits per heavy atom. The van der Waals surface area contributed by atoms with Crippen LogP contribution in [0.1, 0.15) is 10.4 Å². The lowest BCUT2D eigenvalue weighted by Gasteiger charge is -2.20. The second-order valence-electron chi connectivity index (χ2n) is 4.99. The fourth-order valence-electron chi connectivity index (χ4n) is 2.37. The third-order valence-electron chi connectivity index (χ3n) is 3.64. The second kappa shape index (κ2) is 5.92. The van der Waals surface area contributed by atoms with Crippen molar-refractivity contribution in [3.8, 4) is 5.75 Å². The Morgan fingerprint density at radius 1 is 1.13 bits per heavy atom. The monoisotopic (exact) mass is 309 g/mol. The van der Waals surface area contributed by atoms with Gasteiger partial charge in [-0.2, -0.15) is 0 Å². The largest absolute Gasteiger partial charge is 0.497 e. The van der Waals surface area contributed by atoms with Gasteiger partial charge in [0.25, 0.3) is 0 Å². The van der Waals surface area contributed by atoms with Gasteiger partial charge in [0.05, 0.1) is 18.2 Å². The Morgan fingerprint density at radius 3 is 2.52 bits per heavy atom. The van der Waals surface area contributed by atoms with Gasteiger partial charge in [0.2, 0.25) is 0 Å². The number of carboxylic acids is 1. The van der Waals surface area contributed by atoms with E-state index in [2.05, 4.69) is 9.97 Å². The predicted molar refractivity (Wildman–Crippen MR) is 87.6 cm³/mol. The molecule has 6 heteroatoms. The molecular formula is C17H15N3O3. The zero-order chi connectivity index (χ0) is 16.4. The minimum atomic E-state index is -0.976. The summed E-state index contributed by atoms with van der Waals surface area (Å²) in [5.74, 6) is 0.508. The quantitative estimate of drug-likeness (QED) is 0.798. The lowest BCUT2D eigenvalue weighted by Crippen LogP contribution is -2.12. The van der Waals surface area contributed by atoms with Crippen LogP contribution in [-0.2, 0) is 0 Å². The molecule has 3 rings (SSSR count). The Balaban J connectivity index is 2.05. The zero-order valence-corrected chi connectivity index (χ0v) is 12.7. The van der Waals surface area contributed by atoms with E-state index in [1.165, 1.54) is 6.33 Å². The summed E-state index contributed by atoms with van der Waals surface area (Å²) < 4.78 is 5.16. The average molecular weight is 309 g/mol. The normalized spacial score (nSPS) is 10.5. The number of ether oxygens (including phenoxy) is 1. The smallest absolute Gasteiger partial charge is 0.335 e. The summed E-state index contributed by atoms with van der Waals surface area (Å²) in [6.07, 6.45) is 1.43. The van der Waals surface area contributed by atoms with Gasteiger partial charge in [-0.25, -0.2) is 14.8 Å². The molecule has 0 radical (unpaired) electrons. The van der Waals surface area contributed by atoms with Crippen LogP contribution in [0, 0.1) is 0 Å². The number of hydrogen-bond acceptors (Lipinski definition) is 5. The maximum atomic E-state index is 11.1. The van der Waals surface area contributed by atoms with Gasteiger partial charge in [0.1, 0.15) is 17.9 Å². The topological polar surface area (TPSA) is 75.5 Å². The van der Waals surface area contributed by atoms with Gasteiger partial charge >= 0.3 is 5.97 Å². The molecule has 1 N–H and O–H groups in total. The van der Waals surface area contributed by atoms with Crippen LogP contribution in [-0.4, -0.2) is 35.2 Å². The van der Waals surface area contributed by atoms with Gasteiger partial charge in [0, 0.05) is 18.1 Å². The number of nitrogens with zero attached hydrogens (tertiary/aromatic N) is 3. The van der Waals surface area contributed by atoms with E-state index in [0.29, 0.717) is 11.3 Å². The molecular weight excluding hydrogens is 294 g/mol. The van der Waals surface area contributed by atoms with E-state index in [4.69, 9.17) is 9.84 Å². The third kappa shape index (κ3) is 2.78. The summed E-state index contributed by atoms with van der Waals surface area (Å²) in [6.45, 7) is 0. The molecule has 6 nitrogen and oxygen atoms in total. The van der Waals surface area contributed by atoms with Crippen LogP contribution < -0.4 is 9.64 Å². The zero-order valence-electron chi connectivity index (χ0n) is 12.7. The highest BCUT2D eigenvalue weighted by Gasteiger charge is 2.12. The molecule has 1 aromatic heterocycles. The summed E-state index contributed by atoms with van der Waals surface area (Å²) in [5.41, 5.74) is 1.73. The number of aromatic nitrogens is 2. The molecule has 0 saturated carbocycles. The molecule has 0 amide bonds. The summed E-state index contributed by atoms with van der Waals surface area (Å²) >= 11 is 0. The van der Waals surface area contributed by atoms with Crippen molar-refractivity contribution < 1.29 is 14.6 Å². The van der Waals surface area contributed by atoms with Crippen LogP contribution in [0.5, 0.6) is 5.75 Å². The highest BCUT2D eigenvalue weighted by Crippen LogP contribution is 2.29. The van der Waals surface area contributed by atoms with E-state index in [0.717, 1.165) is 16.8 Å². The average Bonchev–Trinajstić information content (AvgIpc) is 2.60. The number of rotatable bonds is 4. The highest BCUT2D eigenvalue weighted by atomic mass is 16.5. The number of fused-ring (bicyclic) bond motifs is 1. The first-order valence-corrected chi connectivity index (χ1v) is 6.96. The van der Waals surface area contributed by atoms with Crippen molar-refractivity contribution in [2.75, 3.05) is 19.1 Å². The summed E-state index contributed by atoms with van der Waals surface area (Å²) in [7, 11) is 3.52. The van der Waals surface area contributed by atoms with E-state index >= 15 is 0 Å². The van der Waals surface area contributed by atoms with E-state index < -0.39 is 5.97 Å². The third-order valence-corrected chi connectivity index (χ3v) is 3.64. The number of anilines is 2. The number of benzene rings is 2. The van der Waals surface area contributed by atoms with Crippen LogP contribution in [0.3, 0.4) is 0 Å². The molecule has 0 aliphatic rings. The lowest BCUT2D eigenvalue weighted by atomic mass is 10.1. The fraction of sp³-hybridized carbons (Fsp3) is 0.118. The predicted octanol–water partition coefficient (Wildman–Crippen LogP) is 3.10. The summed E-state index contributed by atoms with van der Waals surface area (Å²) in [6, 6.07) is 12.4. The van der Waals surface area contributed by atoms with Crippen LogP contribution in [0.4, 0.5) is 11.5 Å². The molecule has 1 heterocycles. The maximum absolute atomic E-state index is 11.1. The van der Waals surface area contributed by atoms with Crippen molar-refractivity contribution in [2.45, 2.75) is 0 Å². The summed E-state index contributed by atoms with van der Waals surface area (Å²) in [5, 5.41) is 9.87. The second-order valence-corrected chi connectivity index (χ2v) is 4.99. The molecule has 2 aromatic carbocycles. The van der Waals surface area contributed by atoms with Gasteiger partial charge in [-0.15, -0.1) is 0 Å². The maximum Gasteiger partial charge on any atom is 0.335 e. The Labute approximate surface area is 133 Å². The molecule has 23 heavy (non-hydrogen) atoms. The molecule has 0 aliphatic heterocycles. The van der Waals surface area contributed by atoms with Crippen molar-refractivity contribution in [2.24, 2.45) is 0 Å².